The van der Waals surface area contributed by atoms with Gasteiger partial charge < -0.3 is 4.98 Å². The van der Waals surface area contributed by atoms with Crippen molar-refractivity contribution in [3.05, 3.63) is 94.4 Å². The molecule has 0 spiro atoms. The van der Waals surface area contributed by atoms with Gasteiger partial charge in [0.2, 0.25) is 0 Å². The van der Waals surface area contributed by atoms with Gasteiger partial charge in [0.25, 0.3) is 0 Å². The number of aromatic nitrogens is 2. The van der Waals surface area contributed by atoms with Crippen LogP contribution in [0.2, 0.25) is 0 Å². The van der Waals surface area contributed by atoms with Gasteiger partial charge in [-0.2, -0.15) is 5.26 Å². The topological polar surface area (TPSA) is 78.7 Å². The van der Waals surface area contributed by atoms with Gasteiger partial charge in [0.1, 0.15) is 0 Å². The highest BCUT2D eigenvalue weighted by Gasteiger charge is 2.11. The molecule has 0 unspecified atom stereocenters. The van der Waals surface area contributed by atoms with E-state index in [1.54, 1.807) is 18.2 Å². The first-order chi connectivity index (χ1) is 13.7. The smallest absolute Gasteiger partial charge is 0.306 e. The molecule has 136 valence electrons. The molecule has 0 radical (unpaired) electrons. The zero-order valence-electron chi connectivity index (χ0n) is 15.1. The summed E-state index contributed by atoms with van der Waals surface area (Å²) in [5, 5.41) is 9.06. The summed E-state index contributed by atoms with van der Waals surface area (Å²) in [6, 6.07) is 24.5. The van der Waals surface area contributed by atoms with Crippen LogP contribution < -0.4 is 5.69 Å². The molecule has 0 bridgehead atoms. The average molecular weight is 367 g/mol. The predicted octanol–water partition coefficient (Wildman–Crippen LogP) is 4.14. The molecular weight excluding hydrogens is 350 g/mol. The van der Waals surface area contributed by atoms with Crippen molar-refractivity contribution in [1.29, 1.82) is 5.26 Å². The summed E-state index contributed by atoms with van der Waals surface area (Å²) < 4.78 is 1.51. The quantitative estimate of drug-likeness (QED) is 0.538. The molecule has 4 aromatic rings. The molecule has 0 atom stereocenters. The number of benzene rings is 3. The lowest BCUT2D eigenvalue weighted by molar-refractivity contribution is 0.0977. The van der Waals surface area contributed by atoms with Crippen LogP contribution in [0, 0.1) is 11.3 Å². The number of nitrogens with one attached hydrogen (secondary N) is 1. The Bertz CT molecular complexity index is 1240. The Morgan fingerprint density at radius 2 is 1.68 bits per heavy atom. The van der Waals surface area contributed by atoms with E-state index in [2.05, 4.69) is 11.1 Å². The molecule has 0 saturated heterocycles. The van der Waals surface area contributed by atoms with E-state index in [1.165, 1.54) is 4.57 Å². The number of aromatic amines is 1. The van der Waals surface area contributed by atoms with Crippen molar-refractivity contribution in [2.75, 3.05) is 0 Å². The Morgan fingerprint density at radius 3 is 2.39 bits per heavy atom. The van der Waals surface area contributed by atoms with Crippen molar-refractivity contribution in [3.8, 4) is 17.2 Å². The molecule has 0 aliphatic heterocycles. The number of nitriles is 1. The number of rotatable bonds is 5. The number of hydrogen-bond acceptors (Lipinski definition) is 3. The Hall–Kier alpha value is -3.91. The molecule has 0 fully saturated rings. The molecule has 5 nitrogen and oxygen atoms in total. The van der Waals surface area contributed by atoms with Gasteiger partial charge in [0, 0.05) is 18.5 Å². The number of fused-ring (bicyclic) bond motifs is 1. The van der Waals surface area contributed by atoms with Gasteiger partial charge in [-0.3, -0.25) is 9.36 Å². The molecule has 4 rings (SSSR count). The normalized spacial score (nSPS) is 10.7. The van der Waals surface area contributed by atoms with Crippen LogP contribution in [0.4, 0.5) is 0 Å². The van der Waals surface area contributed by atoms with E-state index in [0.29, 0.717) is 22.2 Å². The molecule has 0 aliphatic rings. The van der Waals surface area contributed by atoms with Crippen LogP contribution in [0.1, 0.15) is 22.3 Å². The maximum absolute atomic E-state index is 12.6. The third kappa shape index (κ3) is 3.36. The van der Waals surface area contributed by atoms with E-state index in [9.17, 15) is 9.59 Å². The van der Waals surface area contributed by atoms with E-state index in [4.69, 9.17) is 5.26 Å². The SMILES string of the molecule is N#Cc1ccc2[nH]c(=O)n(CCC(=O)c3ccc(-c4ccccc4)cc3)c2c1. The number of Topliss-reactive ketones (excluding diaryl/α,β-unsaturated/α-hetero) is 1. The second-order valence-corrected chi connectivity index (χ2v) is 6.54. The van der Waals surface area contributed by atoms with Gasteiger partial charge in [-0.25, -0.2) is 4.79 Å². The second-order valence-electron chi connectivity index (χ2n) is 6.54. The summed E-state index contributed by atoms with van der Waals surface area (Å²) in [6.45, 7) is 0.257. The standard InChI is InChI=1S/C23H17N3O2/c24-15-16-6-11-20-21(14-16)26(23(28)25-20)13-12-22(27)19-9-7-18(8-10-19)17-4-2-1-3-5-17/h1-11,14H,12-13H2,(H,25,28). The lowest BCUT2D eigenvalue weighted by atomic mass is 10.0. The van der Waals surface area contributed by atoms with Crippen LogP contribution in [0.5, 0.6) is 0 Å². The van der Waals surface area contributed by atoms with Crippen LogP contribution in [-0.2, 0) is 6.54 Å². The summed E-state index contributed by atoms with van der Waals surface area (Å²) in [7, 11) is 0. The van der Waals surface area contributed by atoms with Gasteiger partial charge in [-0.05, 0) is 29.3 Å². The molecular formula is C23H17N3O2. The number of ketones is 1. The van der Waals surface area contributed by atoms with Crippen LogP contribution in [0.25, 0.3) is 22.2 Å². The maximum Gasteiger partial charge on any atom is 0.326 e. The largest absolute Gasteiger partial charge is 0.326 e. The van der Waals surface area contributed by atoms with E-state index in [-0.39, 0.29) is 24.4 Å². The number of hydrogen-bond donors (Lipinski definition) is 1. The molecule has 0 saturated carbocycles. The molecule has 0 aliphatic carbocycles. The summed E-state index contributed by atoms with van der Waals surface area (Å²) in [5.41, 5.74) is 4.25. The van der Waals surface area contributed by atoms with Gasteiger partial charge in [-0.15, -0.1) is 0 Å². The highest BCUT2D eigenvalue weighted by molar-refractivity contribution is 5.96. The highest BCUT2D eigenvalue weighted by atomic mass is 16.1. The van der Waals surface area contributed by atoms with Gasteiger partial charge in [0.15, 0.2) is 5.78 Å². The van der Waals surface area contributed by atoms with Crippen molar-refractivity contribution >= 4 is 16.8 Å². The minimum atomic E-state index is -0.280. The van der Waals surface area contributed by atoms with E-state index >= 15 is 0 Å². The number of carbonyl (C=O) groups is 1. The van der Waals surface area contributed by atoms with Crippen LogP contribution in [0.3, 0.4) is 0 Å². The summed E-state index contributed by atoms with van der Waals surface area (Å²) in [5.74, 6) is -0.0303. The molecule has 28 heavy (non-hydrogen) atoms. The Morgan fingerprint density at radius 1 is 0.964 bits per heavy atom. The number of carbonyl (C=O) groups excluding carboxylic acids is 1. The van der Waals surface area contributed by atoms with E-state index in [1.807, 2.05) is 54.6 Å². The first-order valence-electron chi connectivity index (χ1n) is 8.97. The lowest BCUT2D eigenvalue weighted by Gasteiger charge is -2.06. The van der Waals surface area contributed by atoms with Crippen molar-refractivity contribution in [2.24, 2.45) is 0 Å². The van der Waals surface area contributed by atoms with Crippen molar-refractivity contribution in [2.45, 2.75) is 13.0 Å². The van der Waals surface area contributed by atoms with Crippen LogP contribution in [-0.4, -0.2) is 15.3 Å². The monoisotopic (exact) mass is 367 g/mol. The summed E-state index contributed by atoms with van der Waals surface area (Å²) in [4.78, 5) is 27.5. The molecule has 0 amide bonds. The third-order valence-corrected chi connectivity index (χ3v) is 4.78. The first kappa shape index (κ1) is 17.5. The fraction of sp³-hybridized carbons (Fsp3) is 0.0870. The molecule has 5 heteroatoms. The zero-order chi connectivity index (χ0) is 19.5. The molecule has 1 aromatic heterocycles. The number of imidazole rings is 1. The van der Waals surface area contributed by atoms with Crippen molar-refractivity contribution in [1.82, 2.24) is 9.55 Å². The first-order valence-corrected chi connectivity index (χ1v) is 8.97. The van der Waals surface area contributed by atoms with Crippen molar-refractivity contribution < 1.29 is 4.79 Å². The summed E-state index contributed by atoms with van der Waals surface area (Å²) in [6.07, 6.45) is 0.203. The predicted molar refractivity (Wildman–Crippen MR) is 108 cm³/mol. The number of H-pyrrole nitrogens is 1. The van der Waals surface area contributed by atoms with Gasteiger partial charge in [0.05, 0.1) is 22.7 Å². The molecule has 1 N–H and O–H groups in total. The lowest BCUT2D eigenvalue weighted by Crippen LogP contribution is -2.18. The number of aryl methyl sites for hydroxylation is 1. The minimum absolute atomic E-state index is 0.0303. The van der Waals surface area contributed by atoms with E-state index in [0.717, 1.165) is 11.1 Å². The highest BCUT2D eigenvalue weighted by Crippen LogP contribution is 2.20. The van der Waals surface area contributed by atoms with Crippen LogP contribution >= 0.6 is 0 Å². The fourth-order valence-corrected chi connectivity index (χ4v) is 3.28. The minimum Gasteiger partial charge on any atom is -0.306 e. The van der Waals surface area contributed by atoms with Crippen molar-refractivity contribution in [3.63, 3.8) is 0 Å². The third-order valence-electron chi connectivity index (χ3n) is 4.78. The fourth-order valence-electron chi connectivity index (χ4n) is 3.28. The Balaban J connectivity index is 1.52. The average Bonchev–Trinajstić information content (AvgIpc) is 3.06. The van der Waals surface area contributed by atoms with Gasteiger partial charge >= 0.3 is 5.69 Å². The molecule has 3 aromatic carbocycles. The summed E-state index contributed by atoms with van der Waals surface area (Å²) >= 11 is 0. The van der Waals surface area contributed by atoms with Crippen LogP contribution in [0.15, 0.2) is 77.6 Å². The maximum atomic E-state index is 12.6. The van der Waals surface area contributed by atoms with Gasteiger partial charge in [-0.1, -0.05) is 54.6 Å². The Kier molecular flexibility index (Phi) is 4.61. The second kappa shape index (κ2) is 7.37. The zero-order valence-corrected chi connectivity index (χ0v) is 15.1. The van der Waals surface area contributed by atoms with E-state index < -0.39 is 0 Å². The molecule has 1 heterocycles. The Labute approximate surface area is 161 Å². The number of nitrogens with zero attached hydrogens (tertiary/aromatic N) is 2.